The SMILES string of the molecule is CCCN(C)[C@@H]1CN(C(=O)Cn2cnnn2)C[C@H]1O. The van der Waals surface area contributed by atoms with Crippen molar-refractivity contribution >= 4 is 5.91 Å². The summed E-state index contributed by atoms with van der Waals surface area (Å²) in [5, 5.41) is 20.7. The Bertz CT molecular complexity index is 409. The third-order valence-electron chi connectivity index (χ3n) is 3.44. The van der Waals surface area contributed by atoms with E-state index >= 15 is 0 Å². The van der Waals surface area contributed by atoms with Crippen LogP contribution in [0.4, 0.5) is 0 Å². The lowest BCUT2D eigenvalue weighted by Crippen LogP contribution is -2.41. The Morgan fingerprint density at radius 2 is 2.32 bits per heavy atom. The van der Waals surface area contributed by atoms with Gasteiger partial charge in [0, 0.05) is 13.1 Å². The highest BCUT2D eigenvalue weighted by atomic mass is 16.3. The van der Waals surface area contributed by atoms with Crippen LogP contribution >= 0.6 is 0 Å². The number of likely N-dealkylation sites (tertiary alicyclic amines) is 1. The molecule has 2 atom stereocenters. The second-order valence-corrected chi connectivity index (χ2v) is 4.92. The second-order valence-electron chi connectivity index (χ2n) is 4.92. The highest BCUT2D eigenvalue weighted by Gasteiger charge is 2.36. The Morgan fingerprint density at radius 3 is 2.95 bits per heavy atom. The minimum absolute atomic E-state index is 0.0118. The van der Waals surface area contributed by atoms with E-state index in [1.807, 2.05) is 7.05 Å². The number of aromatic nitrogens is 4. The van der Waals surface area contributed by atoms with Crippen LogP contribution in [-0.4, -0.2) is 79.8 Å². The molecule has 2 heterocycles. The molecule has 0 bridgehead atoms. The molecule has 19 heavy (non-hydrogen) atoms. The lowest BCUT2D eigenvalue weighted by molar-refractivity contribution is -0.131. The first-order valence-electron chi connectivity index (χ1n) is 6.48. The topological polar surface area (TPSA) is 87.4 Å². The van der Waals surface area contributed by atoms with E-state index in [9.17, 15) is 9.90 Å². The van der Waals surface area contributed by atoms with Crippen LogP contribution in [0.2, 0.25) is 0 Å². The van der Waals surface area contributed by atoms with Crippen LogP contribution in [0.25, 0.3) is 0 Å². The molecule has 0 unspecified atom stereocenters. The standard InChI is InChI=1S/C11H20N6O2/c1-3-4-15(2)9-5-16(6-10(9)18)11(19)7-17-8-12-13-14-17/h8-10,18H,3-7H2,1-2H3/t9-,10-/m1/s1. The molecule has 0 aliphatic carbocycles. The van der Waals surface area contributed by atoms with Gasteiger partial charge in [-0.05, 0) is 30.4 Å². The molecule has 0 spiro atoms. The van der Waals surface area contributed by atoms with E-state index in [0.29, 0.717) is 13.1 Å². The quantitative estimate of drug-likeness (QED) is 0.706. The maximum Gasteiger partial charge on any atom is 0.244 e. The predicted molar refractivity (Wildman–Crippen MR) is 67.1 cm³/mol. The van der Waals surface area contributed by atoms with Crippen LogP contribution in [0.1, 0.15) is 13.3 Å². The van der Waals surface area contributed by atoms with Crippen molar-refractivity contribution in [3.63, 3.8) is 0 Å². The van der Waals surface area contributed by atoms with Crippen molar-refractivity contribution in [3.8, 4) is 0 Å². The summed E-state index contributed by atoms with van der Waals surface area (Å²) in [4.78, 5) is 15.8. The van der Waals surface area contributed by atoms with Crippen molar-refractivity contribution in [1.29, 1.82) is 0 Å². The van der Waals surface area contributed by atoms with E-state index in [0.717, 1.165) is 13.0 Å². The van der Waals surface area contributed by atoms with E-state index in [-0.39, 0.29) is 18.5 Å². The van der Waals surface area contributed by atoms with Gasteiger partial charge in [-0.1, -0.05) is 6.92 Å². The first-order chi connectivity index (χ1) is 9.11. The van der Waals surface area contributed by atoms with Gasteiger partial charge in [0.2, 0.25) is 5.91 Å². The third kappa shape index (κ3) is 3.27. The lowest BCUT2D eigenvalue weighted by Gasteiger charge is -2.25. The summed E-state index contributed by atoms with van der Waals surface area (Å²) in [6.07, 6.45) is 1.94. The minimum Gasteiger partial charge on any atom is -0.390 e. The van der Waals surface area contributed by atoms with Crippen molar-refractivity contribution in [3.05, 3.63) is 6.33 Å². The zero-order valence-corrected chi connectivity index (χ0v) is 11.3. The Labute approximate surface area is 112 Å². The predicted octanol–water partition coefficient (Wildman–Crippen LogP) is -1.41. The summed E-state index contributed by atoms with van der Waals surface area (Å²) in [6.45, 7) is 4.05. The van der Waals surface area contributed by atoms with Crippen molar-refractivity contribution in [2.24, 2.45) is 0 Å². The summed E-state index contributed by atoms with van der Waals surface area (Å²) < 4.78 is 1.39. The van der Waals surface area contributed by atoms with Gasteiger partial charge in [0.1, 0.15) is 12.9 Å². The van der Waals surface area contributed by atoms with Gasteiger partial charge in [0.05, 0.1) is 12.1 Å². The highest BCUT2D eigenvalue weighted by molar-refractivity contribution is 5.76. The number of rotatable bonds is 5. The molecule has 1 N–H and O–H groups in total. The molecule has 1 saturated heterocycles. The molecular weight excluding hydrogens is 248 g/mol. The van der Waals surface area contributed by atoms with E-state index in [2.05, 4.69) is 27.3 Å². The second kappa shape index (κ2) is 6.07. The van der Waals surface area contributed by atoms with E-state index in [4.69, 9.17) is 0 Å². The molecule has 1 aliphatic heterocycles. The molecule has 1 amide bonds. The number of amides is 1. The van der Waals surface area contributed by atoms with E-state index in [1.54, 1.807) is 4.90 Å². The van der Waals surface area contributed by atoms with Crippen LogP contribution < -0.4 is 0 Å². The summed E-state index contributed by atoms with van der Waals surface area (Å²) >= 11 is 0. The number of aliphatic hydroxyl groups excluding tert-OH is 1. The number of carbonyl (C=O) groups is 1. The largest absolute Gasteiger partial charge is 0.390 e. The molecule has 1 fully saturated rings. The molecule has 1 aromatic heterocycles. The van der Waals surface area contributed by atoms with Gasteiger partial charge in [0.15, 0.2) is 0 Å². The third-order valence-corrected chi connectivity index (χ3v) is 3.44. The Balaban J connectivity index is 1.91. The average Bonchev–Trinajstić information content (AvgIpc) is 2.98. The molecular formula is C11H20N6O2. The zero-order chi connectivity index (χ0) is 13.8. The number of β-amino-alcohol motifs (C(OH)–C–C–N with tert-alkyl or cyclic N) is 1. The van der Waals surface area contributed by atoms with Gasteiger partial charge >= 0.3 is 0 Å². The fourth-order valence-electron chi connectivity index (χ4n) is 2.42. The van der Waals surface area contributed by atoms with E-state index < -0.39 is 6.10 Å². The molecule has 106 valence electrons. The molecule has 0 saturated carbocycles. The zero-order valence-electron chi connectivity index (χ0n) is 11.3. The fraction of sp³-hybridized carbons (Fsp3) is 0.818. The first kappa shape index (κ1) is 13.9. The molecule has 2 rings (SSSR count). The van der Waals surface area contributed by atoms with Crippen molar-refractivity contribution < 1.29 is 9.90 Å². The molecule has 0 aromatic carbocycles. The number of hydrogen-bond donors (Lipinski definition) is 1. The van der Waals surface area contributed by atoms with Crippen LogP contribution in [-0.2, 0) is 11.3 Å². The maximum atomic E-state index is 12.1. The molecule has 1 aliphatic rings. The Hall–Kier alpha value is -1.54. The van der Waals surface area contributed by atoms with Gasteiger partial charge in [-0.15, -0.1) is 5.10 Å². The number of likely N-dealkylation sites (N-methyl/N-ethyl adjacent to an activating group) is 1. The summed E-state index contributed by atoms with van der Waals surface area (Å²) in [5.74, 6) is -0.0706. The van der Waals surface area contributed by atoms with Gasteiger partial charge in [-0.2, -0.15) is 0 Å². The number of tetrazole rings is 1. The van der Waals surface area contributed by atoms with Crippen molar-refractivity contribution in [2.45, 2.75) is 32.0 Å². The highest BCUT2D eigenvalue weighted by Crippen LogP contribution is 2.16. The summed E-state index contributed by atoms with van der Waals surface area (Å²) in [6, 6.07) is 0.0118. The van der Waals surface area contributed by atoms with Crippen LogP contribution in [0.15, 0.2) is 6.33 Å². The number of carbonyl (C=O) groups excluding carboxylic acids is 1. The van der Waals surface area contributed by atoms with Crippen LogP contribution in [0.5, 0.6) is 0 Å². The molecule has 0 radical (unpaired) electrons. The normalized spacial score (nSPS) is 23.3. The van der Waals surface area contributed by atoms with Crippen molar-refractivity contribution in [1.82, 2.24) is 30.0 Å². The van der Waals surface area contributed by atoms with Gasteiger partial charge in [-0.25, -0.2) is 4.68 Å². The van der Waals surface area contributed by atoms with E-state index in [1.165, 1.54) is 11.0 Å². The molecule has 1 aromatic rings. The smallest absolute Gasteiger partial charge is 0.244 e. The maximum absolute atomic E-state index is 12.1. The van der Waals surface area contributed by atoms with Gasteiger partial charge < -0.3 is 10.0 Å². The fourth-order valence-corrected chi connectivity index (χ4v) is 2.42. The average molecular weight is 268 g/mol. The minimum atomic E-state index is -0.491. The summed E-state index contributed by atoms with van der Waals surface area (Å²) in [5.41, 5.74) is 0. The molecule has 8 heteroatoms. The lowest BCUT2D eigenvalue weighted by atomic mass is 10.2. The van der Waals surface area contributed by atoms with Gasteiger partial charge in [-0.3, -0.25) is 9.69 Å². The Kier molecular flexibility index (Phi) is 4.43. The van der Waals surface area contributed by atoms with Crippen LogP contribution in [0.3, 0.4) is 0 Å². The number of hydrogen-bond acceptors (Lipinski definition) is 6. The van der Waals surface area contributed by atoms with Crippen molar-refractivity contribution in [2.75, 3.05) is 26.7 Å². The Morgan fingerprint density at radius 1 is 1.53 bits per heavy atom. The monoisotopic (exact) mass is 268 g/mol. The first-order valence-corrected chi connectivity index (χ1v) is 6.48. The van der Waals surface area contributed by atoms with Gasteiger partial charge in [0.25, 0.3) is 0 Å². The van der Waals surface area contributed by atoms with Crippen LogP contribution in [0, 0.1) is 0 Å². The number of aliphatic hydroxyl groups is 1. The summed E-state index contributed by atoms with van der Waals surface area (Å²) in [7, 11) is 1.98. The molecule has 8 nitrogen and oxygen atoms in total. The number of nitrogens with zero attached hydrogens (tertiary/aromatic N) is 6.